The van der Waals surface area contributed by atoms with E-state index in [2.05, 4.69) is 27.6 Å². The summed E-state index contributed by atoms with van der Waals surface area (Å²) in [5.74, 6) is 0.183. The third kappa shape index (κ3) is 6.72. The van der Waals surface area contributed by atoms with Gasteiger partial charge in [0.1, 0.15) is 17.0 Å². The maximum absolute atomic E-state index is 12.4. The lowest BCUT2D eigenvalue weighted by Crippen LogP contribution is -2.44. The van der Waals surface area contributed by atoms with E-state index >= 15 is 0 Å². The van der Waals surface area contributed by atoms with Gasteiger partial charge in [0.05, 0.1) is 5.69 Å². The Morgan fingerprint density at radius 1 is 1.04 bits per heavy atom. The minimum atomic E-state index is -0.815. The average molecular weight is 434 g/mol. The molecule has 0 unspecified atom stereocenters. The summed E-state index contributed by atoms with van der Waals surface area (Å²) in [5, 5.41) is 0. The van der Waals surface area contributed by atoms with Crippen molar-refractivity contribution in [2.75, 3.05) is 4.90 Å². The van der Waals surface area contributed by atoms with E-state index in [0.29, 0.717) is 4.43 Å². The summed E-state index contributed by atoms with van der Waals surface area (Å²) >= 11 is 2.16. The van der Waals surface area contributed by atoms with Crippen molar-refractivity contribution in [1.29, 1.82) is 0 Å². The van der Waals surface area contributed by atoms with Crippen molar-refractivity contribution in [3.8, 4) is 0 Å². The molecule has 128 valence electrons. The minimum Gasteiger partial charge on any atom is -0.443 e. The summed E-state index contributed by atoms with van der Waals surface area (Å²) in [6.45, 7) is 10.4. The van der Waals surface area contributed by atoms with Crippen LogP contribution in [0.5, 0.6) is 0 Å². The molecule has 0 aliphatic heterocycles. The van der Waals surface area contributed by atoms with Gasteiger partial charge in [0.25, 0.3) is 0 Å². The molecule has 6 nitrogen and oxygen atoms in total. The second-order valence-corrected chi connectivity index (χ2v) is 7.68. The topological polar surface area (TPSA) is 68.7 Å². The van der Waals surface area contributed by atoms with Gasteiger partial charge in [0.2, 0.25) is 0 Å². The smallest absolute Gasteiger partial charge is 0.425 e. The molecule has 0 aromatic carbocycles. The Labute approximate surface area is 150 Å². The van der Waals surface area contributed by atoms with Gasteiger partial charge in [0, 0.05) is 4.43 Å². The number of amides is 2. The van der Waals surface area contributed by atoms with Gasteiger partial charge in [0.15, 0.2) is 0 Å². The zero-order valence-electron chi connectivity index (χ0n) is 14.3. The Morgan fingerprint density at radius 2 is 1.52 bits per heavy atom. The monoisotopic (exact) mass is 434 g/mol. The zero-order chi connectivity index (χ0) is 17.8. The van der Waals surface area contributed by atoms with E-state index in [-0.39, 0.29) is 5.82 Å². The molecule has 0 aliphatic carbocycles. The SMILES string of the molecule is CC(C)(C)OC(=O)N(C(=O)OC(C)(C)C)c1cccc(CI)n1. The molecular formula is C16H23IN2O4. The number of carbonyl (C=O) groups excluding carboxylic acids is 2. The Hall–Kier alpha value is -1.38. The Bertz CT molecular complexity index is 548. The van der Waals surface area contributed by atoms with Crippen LogP contribution < -0.4 is 4.90 Å². The van der Waals surface area contributed by atoms with Gasteiger partial charge >= 0.3 is 12.2 Å². The number of nitrogens with zero attached hydrogens (tertiary/aromatic N) is 2. The van der Waals surface area contributed by atoms with Crippen molar-refractivity contribution in [3.63, 3.8) is 0 Å². The number of ether oxygens (including phenoxy) is 2. The number of rotatable bonds is 2. The molecule has 7 heteroatoms. The number of aromatic nitrogens is 1. The highest BCUT2D eigenvalue weighted by atomic mass is 127. The number of anilines is 1. The predicted octanol–water partition coefficient (Wildman–Crippen LogP) is 4.69. The minimum absolute atomic E-state index is 0.183. The zero-order valence-corrected chi connectivity index (χ0v) is 16.5. The number of halogens is 1. The normalized spacial score (nSPS) is 11.8. The van der Waals surface area contributed by atoms with Gasteiger partial charge in [-0.3, -0.25) is 0 Å². The van der Waals surface area contributed by atoms with Crippen LogP contribution in [0.4, 0.5) is 15.4 Å². The molecule has 0 spiro atoms. The van der Waals surface area contributed by atoms with E-state index < -0.39 is 23.4 Å². The van der Waals surface area contributed by atoms with Crippen LogP contribution in [-0.4, -0.2) is 28.4 Å². The van der Waals surface area contributed by atoms with Crippen LogP contribution in [-0.2, 0) is 13.9 Å². The van der Waals surface area contributed by atoms with Crippen LogP contribution >= 0.6 is 22.6 Å². The Kier molecular flexibility index (Phi) is 6.38. The van der Waals surface area contributed by atoms with Crippen LogP contribution in [0.15, 0.2) is 18.2 Å². The molecule has 0 saturated heterocycles. The molecule has 1 heterocycles. The van der Waals surface area contributed by atoms with Crippen LogP contribution in [0, 0.1) is 0 Å². The van der Waals surface area contributed by atoms with E-state index in [1.165, 1.54) is 0 Å². The fourth-order valence-electron chi connectivity index (χ4n) is 1.54. The molecule has 0 radical (unpaired) electrons. The second-order valence-electron chi connectivity index (χ2n) is 6.92. The van der Waals surface area contributed by atoms with E-state index in [4.69, 9.17) is 9.47 Å². The summed E-state index contributed by atoms with van der Waals surface area (Å²) < 4.78 is 11.3. The van der Waals surface area contributed by atoms with Gasteiger partial charge in [-0.05, 0) is 53.7 Å². The number of alkyl halides is 1. The first-order valence-electron chi connectivity index (χ1n) is 7.21. The highest BCUT2D eigenvalue weighted by Gasteiger charge is 2.33. The van der Waals surface area contributed by atoms with Crippen molar-refractivity contribution in [2.24, 2.45) is 0 Å². The van der Waals surface area contributed by atoms with Gasteiger partial charge in [-0.25, -0.2) is 14.6 Å². The van der Waals surface area contributed by atoms with Gasteiger partial charge in [-0.15, -0.1) is 0 Å². The van der Waals surface area contributed by atoms with E-state index in [1.807, 2.05) is 6.07 Å². The largest absolute Gasteiger partial charge is 0.443 e. The van der Waals surface area contributed by atoms with Crippen molar-refractivity contribution < 1.29 is 19.1 Å². The molecule has 1 rings (SSSR count). The van der Waals surface area contributed by atoms with Crippen LogP contribution in [0.3, 0.4) is 0 Å². The van der Waals surface area contributed by atoms with E-state index in [0.717, 1.165) is 10.6 Å². The number of hydrogen-bond donors (Lipinski definition) is 0. The molecule has 1 aromatic rings. The van der Waals surface area contributed by atoms with E-state index in [9.17, 15) is 9.59 Å². The molecule has 0 N–H and O–H groups in total. The van der Waals surface area contributed by atoms with Crippen molar-refractivity contribution in [1.82, 2.24) is 4.98 Å². The van der Waals surface area contributed by atoms with Crippen LogP contribution in [0.2, 0.25) is 0 Å². The van der Waals surface area contributed by atoms with E-state index in [1.54, 1.807) is 53.7 Å². The first-order chi connectivity index (χ1) is 10.4. The fourth-order valence-corrected chi connectivity index (χ4v) is 1.97. The summed E-state index contributed by atoms with van der Waals surface area (Å²) in [5.41, 5.74) is -0.726. The van der Waals surface area contributed by atoms with Crippen molar-refractivity contribution in [2.45, 2.75) is 57.2 Å². The first-order valence-corrected chi connectivity index (χ1v) is 8.73. The Morgan fingerprint density at radius 3 is 1.91 bits per heavy atom. The average Bonchev–Trinajstić information content (AvgIpc) is 2.34. The summed E-state index contributed by atoms with van der Waals surface area (Å²) in [6, 6.07) is 5.13. The highest BCUT2D eigenvalue weighted by Crippen LogP contribution is 2.21. The van der Waals surface area contributed by atoms with Gasteiger partial charge in [-0.2, -0.15) is 4.90 Å². The van der Waals surface area contributed by atoms with Crippen LogP contribution in [0.1, 0.15) is 47.2 Å². The molecule has 0 saturated carbocycles. The molecule has 1 aromatic heterocycles. The maximum Gasteiger partial charge on any atom is 0.425 e. The summed E-state index contributed by atoms with van der Waals surface area (Å²) in [6.07, 6.45) is -1.63. The number of carbonyl (C=O) groups is 2. The molecule has 0 bridgehead atoms. The lowest BCUT2D eigenvalue weighted by atomic mass is 10.2. The summed E-state index contributed by atoms with van der Waals surface area (Å²) in [4.78, 5) is 30.0. The Balaban J connectivity index is 3.19. The molecule has 0 fully saturated rings. The number of imide groups is 1. The molecule has 0 atom stereocenters. The molecule has 23 heavy (non-hydrogen) atoms. The lowest BCUT2D eigenvalue weighted by Gasteiger charge is -2.28. The third-order valence-corrected chi connectivity index (χ3v) is 3.09. The number of pyridine rings is 1. The fraction of sp³-hybridized carbons (Fsp3) is 0.562. The van der Waals surface area contributed by atoms with Gasteiger partial charge < -0.3 is 9.47 Å². The van der Waals surface area contributed by atoms with Crippen molar-refractivity contribution in [3.05, 3.63) is 23.9 Å². The predicted molar refractivity (Wildman–Crippen MR) is 96.9 cm³/mol. The highest BCUT2D eigenvalue weighted by molar-refractivity contribution is 14.1. The summed E-state index contributed by atoms with van der Waals surface area (Å²) in [7, 11) is 0. The number of hydrogen-bond acceptors (Lipinski definition) is 5. The third-order valence-electron chi connectivity index (χ3n) is 2.31. The molecule has 2 amide bonds. The molecular weight excluding hydrogens is 411 g/mol. The van der Waals surface area contributed by atoms with Crippen molar-refractivity contribution >= 4 is 40.6 Å². The first kappa shape index (κ1) is 19.7. The van der Waals surface area contributed by atoms with Crippen LogP contribution in [0.25, 0.3) is 0 Å². The maximum atomic E-state index is 12.4. The second kappa shape index (κ2) is 7.46. The standard InChI is InChI=1S/C16H23IN2O4/c1-15(2,3)22-13(20)19(14(21)23-16(4,5)6)12-9-7-8-11(10-17)18-12/h7-9H,10H2,1-6H3. The lowest BCUT2D eigenvalue weighted by molar-refractivity contribution is 0.0429. The van der Waals surface area contributed by atoms with Gasteiger partial charge in [-0.1, -0.05) is 28.7 Å². The molecule has 0 aliphatic rings. The quantitative estimate of drug-likeness (QED) is 0.499.